The molecule has 2 unspecified atom stereocenters. The Hall–Kier alpha value is -2.14. The highest BCUT2D eigenvalue weighted by atomic mass is 16.5. The molecule has 0 fully saturated rings. The Morgan fingerprint density at radius 1 is 0.917 bits per heavy atom. The molecular weight excluding hydrogens is 304 g/mol. The van der Waals surface area contributed by atoms with Crippen molar-refractivity contribution in [3.8, 4) is 5.75 Å². The second kappa shape index (κ2) is 6.06. The van der Waals surface area contributed by atoms with Crippen LogP contribution in [0.4, 0.5) is 0 Å². The third-order valence-corrected chi connectivity index (χ3v) is 4.75. The van der Waals surface area contributed by atoms with Crippen molar-refractivity contribution < 1.29 is 20.4 Å². The number of aromatic hydroxyl groups is 1. The molecule has 2 atom stereocenters. The normalized spacial score (nSPS) is 26.7. The molecule has 3 rings (SSSR count). The van der Waals surface area contributed by atoms with E-state index >= 15 is 0 Å². The van der Waals surface area contributed by atoms with Gasteiger partial charge >= 0.3 is 0 Å². The largest absolute Gasteiger partial charge is 0.508 e. The lowest BCUT2D eigenvalue weighted by Crippen LogP contribution is -2.33. The van der Waals surface area contributed by atoms with Crippen LogP contribution < -0.4 is 0 Å². The molecule has 0 saturated heterocycles. The van der Waals surface area contributed by atoms with Crippen molar-refractivity contribution in [3.63, 3.8) is 0 Å². The molecule has 4 N–H and O–H groups in total. The molecule has 0 saturated carbocycles. The van der Waals surface area contributed by atoms with E-state index in [0.29, 0.717) is 12.0 Å². The highest BCUT2D eigenvalue weighted by Gasteiger charge is 2.32. The number of rotatable bonds is 3. The summed E-state index contributed by atoms with van der Waals surface area (Å²) in [5.74, 6) is -1.43. The molecule has 0 spiro atoms. The lowest BCUT2D eigenvalue weighted by Gasteiger charge is -2.32. The fraction of sp³-hybridized carbons (Fsp3) is 0.300. The number of hydrogen-bond acceptors (Lipinski definition) is 4. The highest BCUT2D eigenvalue weighted by molar-refractivity contribution is 5.45. The van der Waals surface area contributed by atoms with Gasteiger partial charge in [0.1, 0.15) is 11.4 Å². The summed E-state index contributed by atoms with van der Waals surface area (Å²) >= 11 is 0. The molecule has 126 valence electrons. The first kappa shape index (κ1) is 16.7. The van der Waals surface area contributed by atoms with Crippen LogP contribution in [0.25, 0.3) is 0 Å². The Morgan fingerprint density at radius 2 is 1.62 bits per heavy atom. The molecule has 1 aromatic rings. The van der Waals surface area contributed by atoms with Crippen LogP contribution in [0.3, 0.4) is 0 Å². The Kier molecular flexibility index (Phi) is 4.22. The maximum absolute atomic E-state index is 10.8. The van der Waals surface area contributed by atoms with Crippen molar-refractivity contribution in [2.75, 3.05) is 0 Å². The van der Waals surface area contributed by atoms with E-state index in [0.717, 1.165) is 11.1 Å². The molecule has 24 heavy (non-hydrogen) atoms. The van der Waals surface area contributed by atoms with E-state index in [1.807, 2.05) is 24.3 Å². The second-order valence-electron chi connectivity index (χ2n) is 6.55. The minimum absolute atomic E-state index is 0.0649. The summed E-state index contributed by atoms with van der Waals surface area (Å²) in [7, 11) is 0. The molecule has 4 nitrogen and oxygen atoms in total. The molecule has 0 aromatic heterocycles. The van der Waals surface area contributed by atoms with Crippen molar-refractivity contribution in [2.45, 2.75) is 37.1 Å². The minimum Gasteiger partial charge on any atom is -0.508 e. The van der Waals surface area contributed by atoms with E-state index in [2.05, 4.69) is 6.92 Å². The van der Waals surface area contributed by atoms with Gasteiger partial charge in [0.05, 0.1) is 0 Å². The molecule has 0 amide bonds. The first-order chi connectivity index (χ1) is 11.3. The minimum atomic E-state index is -1.83. The van der Waals surface area contributed by atoms with E-state index in [1.54, 1.807) is 30.4 Å². The molecule has 0 aliphatic heterocycles. The quantitative estimate of drug-likeness (QED) is 0.644. The van der Waals surface area contributed by atoms with Crippen molar-refractivity contribution in [3.05, 3.63) is 77.4 Å². The van der Waals surface area contributed by atoms with E-state index in [-0.39, 0.29) is 18.1 Å². The van der Waals surface area contributed by atoms with Crippen LogP contribution in [0.1, 0.15) is 31.2 Å². The van der Waals surface area contributed by atoms with Crippen LogP contribution in [0.5, 0.6) is 5.75 Å². The fourth-order valence-electron chi connectivity index (χ4n) is 3.07. The highest BCUT2D eigenvalue weighted by Crippen LogP contribution is 2.36. The van der Waals surface area contributed by atoms with Crippen LogP contribution >= 0.6 is 0 Å². The average molecular weight is 326 g/mol. The zero-order valence-corrected chi connectivity index (χ0v) is 13.6. The van der Waals surface area contributed by atoms with Gasteiger partial charge in [0.2, 0.25) is 0 Å². The Bertz CT molecular complexity index is 737. The molecule has 0 radical (unpaired) electrons. The zero-order chi connectivity index (χ0) is 17.4. The van der Waals surface area contributed by atoms with Gasteiger partial charge in [-0.15, -0.1) is 0 Å². The van der Waals surface area contributed by atoms with E-state index < -0.39 is 11.4 Å². The summed E-state index contributed by atoms with van der Waals surface area (Å²) < 4.78 is 0. The summed E-state index contributed by atoms with van der Waals surface area (Å²) in [6.45, 7) is 2.08. The topological polar surface area (TPSA) is 80.9 Å². The number of phenols is 1. The van der Waals surface area contributed by atoms with E-state index in [1.165, 1.54) is 6.08 Å². The molecule has 4 heteroatoms. The monoisotopic (exact) mass is 326 g/mol. The maximum Gasteiger partial charge on any atom is 0.186 e. The predicted molar refractivity (Wildman–Crippen MR) is 92.3 cm³/mol. The van der Waals surface area contributed by atoms with Crippen molar-refractivity contribution >= 4 is 0 Å². The van der Waals surface area contributed by atoms with Gasteiger partial charge in [0.15, 0.2) is 5.79 Å². The molecule has 0 heterocycles. The average Bonchev–Trinajstić information content (AvgIpc) is 2.55. The summed E-state index contributed by atoms with van der Waals surface area (Å²) in [5.41, 5.74) is 1.75. The van der Waals surface area contributed by atoms with Gasteiger partial charge in [-0.05, 0) is 41.0 Å². The number of benzene rings is 1. The van der Waals surface area contributed by atoms with Gasteiger partial charge in [0, 0.05) is 18.8 Å². The van der Waals surface area contributed by atoms with Crippen molar-refractivity contribution in [1.82, 2.24) is 0 Å². The number of hydrogen-bond donors (Lipinski definition) is 4. The summed E-state index contributed by atoms with van der Waals surface area (Å²) in [5, 5.41) is 39.3. The number of aliphatic hydroxyl groups is 3. The summed E-state index contributed by atoms with van der Waals surface area (Å²) in [6, 6.07) is 7.12. The van der Waals surface area contributed by atoms with Crippen LogP contribution in [-0.4, -0.2) is 31.8 Å². The number of phenolic OH excluding ortho intramolecular Hbond substituents is 1. The molecule has 1 aromatic carbocycles. The van der Waals surface area contributed by atoms with Crippen LogP contribution in [0.2, 0.25) is 0 Å². The summed E-state index contributed by atoms with van der Waals surface area (Å²) in [6.07, 6.45) is 10.7. The number of allylic oxidation sites excluding steroid dienone is 2. The summed E-state index contributed by atoms with van der Waals surface area (Å²) in [4.78, 5) is 0. The molecular formula is C20H22O4. The Labute approximate surface area is 141 Å². The first-order valence-electron chi connectivity index (χ1n) is 8.04. The molecule has 2 aliphatic carbocycles. The molecule has 0 bridgehead atoms. The maximum atomic E-state index is 10.8. The van der Waals surface area contributed by atoms with Gasteiger partial charge in [-0.25, -0.2) is 0 Å². The van der Waals surface area contributed by atoms with Gasteiger partial charge in [0.25, 0.3) is 0 Å². The molecule has 2 aliphatic rings. The van der Waals surface area contributed by atoms with Crippen molar-refractivity contribution in [2.24, 2.45) is 0 Å². The van der Waals surface area contributed by atoms with E-state index in [4.69, 9.17) is 0 Å². The fourth-order valence-corrected chi connectivity index (χ4v) is 3.07. The second-order valence-corrected chi connectivity index (χ2v) is 6.55. The van der Waals surface area contributed by atoms with Gasteiger partial charge < -0.3 is 20.4 Å². The van der Waals surface area contributed by atoms with E-state index in [9.17, 15) is 20.4 Å². The third-order valence-electron chi connectivity index (χ3n) is 4.75. The lowest BCUT2D eigenvalue weighted by atomic mass is 9.79. The van der Waals surface area contributed by atoms with Crippen LogP contribution in [-0.2, 0) is 0 Å². The smallest absolute Gasteiger partial charge is 0.186 e. The Balaban J connectivity index is 1.74. The SMILES string of the molecule is CC(C1=CCC(O)(C2=CCC(O)(O)C=C2)C=C1)c1ccc(O)cc1. The van der Waals surface area contributed by atoms with Crippen LogP contribution in [0, 0.1) is 0 Å². The van der Waals surface area contributed by atoms with Gasteiger partial charge in [-0.1, -0.05) is 43.4 Å². The first-order valence-corrected chi connectivity index (χ1v) is 8.04. The third kappa shape index (κ3) is 3.36. The zero-order valence-electron chi connectivity index (χ0n) is 13.6. The lowest BCUT2D eigenvalue weighted by molar-refractivity contribution is -0.115. The van der Waals surface area contributed by atoms with Crippen LogP contribution in [0.15, 0.2) is 71.9 Å². The standard InChI is InChI=1S/C20H22O4/c1-14(15-2-4-18(21)5-3-15)16-6-10-19(22,11-7-16)17-8-12-20(23,24)13-9-17/h2-10,12,14,21-24H,11,13H2,1H3. The Morgan fingerprint density at radius 3 is 2.17 bits per heavy atom. The van der Waals surface area contributed by atoms with Gasteiger partial charge in [-0.2, -0.15) is 0 Å². The van der Waals surface area contributed by atoms with Crippen molar-refractivity contribution in [1.29, 1.82) is 0 Å². The van der Waals surface area contributed by atoms with Gasteiger partial charge in [-0.3, -0.25) is 0 Å². The predicted octanol–water partition coefficient (Wildman–Crippen LogP) is 2.68.